The van der Waals surface area contributed by atoms with Crippen LogP contribution in [0.15, 0.2) is 22.8 Å². The van der Waals surface area contributed by atoms with Gasteiger partial charge in [0.1, 0.15) is 5.76 Å². The molecular weight excluding hydrogens is 236 g/mol. The molecule has 1 aliphatic carbocycles. The number of hydrogen-bond acceptors (Lipinski definition) is 3. The van der Waals surface area contributed by atoms with Crippen molar-refractivity contribution in [2.45, 2.75) is 71.1 Å². The molecule has 1 saturated carbocycles. The average Bonchev–Trinajstić information content (AvgIpc) is 3.01. The van der Waals surface area contributed by atoms with Gasteiger partial charge in [-0.2, -0.15) is 0 Å². The van der Waals surface area contributed by atoms with Crippen molar-refractivity contribution >= 4 is 0 Å². The fourth-order valence-electron chi connectivity index (χ4n) is 2.46. The molecular formula is C16H28N2O. The first-order chi connectivity index (χ1) is 8.96. The fraction of sp³-hybridized carbons (Fsp3) is 0.750. The number of furan rings is 1. The summed E-state index contributed by atoms with van der Waals surface area (Å²) in [6, 6.07) is 5.43. The van der Waals surface area contributed by atoms with Crippen LogP contribution in [0.4, 0.5) is 0 Å². The predicted octanol–water partition coefficient (Wildman–Crippen LogP) is 3.41. The maximum atomic E-state index is 5.49. The van der Waals surface area contributed by atoms with Gasteiger partial charge in [-0.1, -0.05) is 0 Å². The zero-order valence-corrected chi connectivity index (χ0v) is 12.8. The summed E-state index contributed by atoms with van der Waals surface area (Å²) in [5, 5.41) is 3.58. The Morgan fingerprint density at radius 1 is 1.42 bits per heavy atom. The molecule has 19 heavy (non-hydrogen) atoms. The van der Waals surface area contributed by atoms with Gasteiger partial charge < -0.3 is 9.73 Å². The highest BCUT2D eigenvalue weighted by molar-refractivity contribution is 5.00. The third-order valence-corrected chi connectivity index (χ3v) is 3.72. The predicted molar refractivity (Wildman–Crippen MR) is 79.1 cm³/mol. The highest BCUT2D eigenvalue weighted by atomic mass is 16.3. The highest BCUT2D eigenvalue weighted by Gasteiger charge is 2.32. The molecule has 0 radical (unpaired) electrons. The van der Waals surface area contributed by atoms with E-state index in [0.29, 0.717) is 6.04 Å². The molecule has 1 unspecified atom stereocenters. The Kier molecular flexibility index (Phi) is 4.69. The topological polar surface area (TPSA) is 28.4 Å². The van der Waals surface area contributed by atoms with Gasteiger partial charge in [-0.15, -0.1) is 0 Å². The first kappa shape index (κ1) is 14.6. The molecule has 108 valence electrons. The van der Waals surface area contributed by atoms with Gasteiger partial charge in [-0.05, 0) is 65.6 Å². The second kappa shape index (κ2) is 6.10. The monoisotopic (exact) mass is 264 g/mol. The lowest BCUT2D eigenvalue weighted by Gasteiger charge is -2.30. The average molecular weight is 264 g/mol. The molecule has 2 rings (SSSR count). The molecule has 1 N–H and O–H groups in total. The van der Waals surface area contributed by atoms with Gasteiger partial charge in [0, 0.05) is 17.6 Å². The van der Waals surface area contributed by atoms with Crippen LogP contribution in [0.25, 0.3) is 0 Å². The van der Waals surface area contributed by atoms with Crippen LogP contribution >= 0.6 is 0 Å². The Morgan fingerprint density at radius 3 is 2.68 bits per heavy atom. The van der Waals surface area contributed by atoms with Gasteiger partial charge in [0.15, 0.2) is 0 Å². The third-order valence-electron chi connectivity index (χ3n) is 3.72. The number of nitrogens with zero attached hydrogens (tertiary/aromatic N) is 1. The van der Waals surface area contributed by atoms with Crippen molar-refractivity contribution in [3.8, 4) is 0 Å². The quantitative estimate of drug-likeness (QED) is 0.818. The van der Waals surface area contributed by atoms with Crippen LogP contribution in [0.2, 0.25) is 0 Å². The first-order valence-electron chi connectivity index (χ1n) is 7.49. The van der Waals surface area contributed by atoms with Crippen molar-refractivity contribution in [2.24, 2.45) is 0 Å². The summed E-state index contributed by atoms with van der Waals surface area (Å²) in [4.78, 5) is 2.60. The summed E-state index contributed by atoms with van der Waals surface area (Å²) in [6.07, 6.45) is 5.65. The van der Waals surface area contributed by atoms with Gasteiger partial charge in [0.05, 0.1) is 12.8 Å². The van der Waals surface area contributed by atoms with E-state index in [4.69, 9.17) is 4.42 Å². The van der Waals surface area contributed by atoms with Gasteiger partial charge in [0.2, 0.25) is 0 Å². The normalized spacial score (nSPS) is 17.9. The van der Waals surface area contributed by atoms with E-state index in [1.807, 2.05) is 6.07 Å². The molecule has 0 spiro atoms. The van der Waals surface area contributed by atoms with Crippen LogP contribution in [0.3, 0.4) is 0 Å². The molecule has 0 amide bonds. The van der Waals surface area contributed by atoms with Crippen LogP contribution in [0.1, 0.15) is 52.7 Å². The Hall–Kier alpha value is -0.800. The van der Waals surface area contributed by atoms with E-state index in [-0.39, 0.29) is 5.54 Å². The zero-order valence-electron chi connectivity index (χ0n) is 12.8. The largest absolute Gasteiger partial charge is 0.468 e. The molecule has 0 bridgehead atoms. The molecule has 1 heterocycles. The van der Waals surface area contributed by atoms with Crippen molar-refractivity contribution in [3.05, 3.63) is 24.2 Å². The summed E-state index contributed by atoms with van der Waals surface area (Å²) in [7, 11) is 0. The molecule has 1 aromatic heterocycles. The molecule has 0 saturated heterocycles. The lowest BCUT2D eigenvalue weighted by Crippen LogP contribution is -2.41. The van der Waals surface area contributed by atoms with Gasteiger partial charge in [-0.3, -0.25) is 4.90 Å². The van der Waals surface area contributed by atoms with E-state index in [0.717, 1.165) is 24.9 Å². The van der Waals surface area contributed by atoms with Gasteiger partial charge in [-0.25, -0.2) is 0 Å². The van der Waals surface area contributed by atoms with Gasteiger partial charge >= 0.3 is 0 Å². The third kappa shape index (κ3) is 5.00. The van der Waals surface area contributed by atoms with Crippen molar-refractivity contribution in [1.29, 1.82) is 0 Å². The Balaban J connectivity index is 1.81. The summed E-state index contributed by atoms with van der Waals surface area (Å²) >= 11 is 0. The first-order valence-corrected chi connectivity index (χ1v) is 7.49. The van der Waals surface area contributed by atoms with Crippen LogP contribution in [-0.4, -0.2) is 29.1 Å². The Morgan fingerprint density at radius 2 is 2.16 bits per heavy atom. The fourth-order valence-corrected chi connectivity index (χ4v) is 2.46. The molecule has 1 fully saturated rings. The van der Waals surface area contributed by atoms with Crippen molar-refractivity contribution < 1.29 is 4.42 Å². The molecule has 0 aliphatic heterocycles. The number of rotatable bonds is 7. The van der Waals surface area contributed by atoms with E-state index < -0.39 is 0 Å². The minimum atomic E-state index is 0.213. The van der Waals surface area contributed by atoms with E-state index >= 15 is 0 Å². The minimum absolute atomic E-state index is 0.213. The molecule has 3 heteroatoms. The summed E-state index contributed by atoms with van der Waals surface area (Å²) in [6.45, 7) is 11.0. The van der Waals surface area contributed by atoms with E-state index in [1.54, 1.807) is 6.26 Å². The van der Waals surface area contributed by atoms with Crippen LogP contribution < -0.4 is 5.32 Å². The Labute approximate surface area is 117 Å². The van der Waals surface area contributed by atoms with E-state index in [2.05, 4.69) is 44.0 Å². The maximum absolute atomic E-state index is 5.49. The highest BCUT2D eigenvalue weighted by Crippen LogP contribution is 2.31. The molecule has 1 aromatic rings. The number of nitrogens with one attached hydrogen (secondary N) is 1. The van der Waals surface area contributed by atoms with Crippen molar-refractivity contribution in [1.82, 2.24) is 10.2 Å². The van der Waals surface area contributed by atoms with Crippen molar-refractivity contribution in [3.63, 3.8) is 0 Å². The molecule has 0 aromatic carbocycles. The van der Waals surface area contributed by atoms with Crippen LogP contribution in [0, 0.1) is 0 Å². The van der Waals surface area contributed by atoms with E-state index in [9.17, 15) is 0 Å². The van der Waals surface area contributed by atoms with Crippen LogP contribution in [0.5, 0.6) is 0 Å². The second-order valence-corrected chi connectivity index (χ2v) is 6.80. The lowest BCUT2D eigenvalue weighted by atomic mass is 10.1. The van der Waals surface area contributed by atoms with Crippen LogP contribution in [-0.2, 0) is 6.54 Å². The molecule has 1 aliphatic rings. The molecule has 3 nitrogen and oxygen atoms in total. The Bertz CT molecular complexity index is 363. The second-order valence-electron chi connectivity index (χ2n) is 6.80. The molecule has 1 atom stereocenters. The van der Waals surface area contributed by atoms with Crippen molar-refractivity contribution in [2.75, 3.05) is 6.54 Å². The summed E-state index contributed by atoms with van der Waals surface area (Å²) < 4.78 is 5.49. The smallest absolute Gasteiger partial charge is 0.117 e. The minimum Gasteiger partial charge on any atom is -0.468 e. The summed E-state index contributed by atoms with van der Waals surface area (Å²) in [5.74, 6) is 1.09. The van der Waals surface area contributed by atoms with E-state index in [1.165, 1.54) is 19.3 Å². The van der Waals surface area contributed by atoms with Gasteiger partial charge in [0.25, 0.3) is 0 Å². The summed E-state index contributed by atoms with van der Waals surface area (Å²) in [5.41, 5.74) is 0.213. The SMILES string of the molecule is CC(CCNC(C)(C)C)N(Cc1ccco1)C1CC1. The zero-order chi connectivity index (χ0) is 13.9. The standard InChI is InChI=1S/C16H28N2O/c1-13(9-10-17-16(2,3)4)18(14-7-8-14)12-15-6-5-11-19-15/h5-6,11,13-14,17H,7-10,12H2,1-4H3. The number of hydrogen-bond donors (Lipinski definition) is 1. The lowest BCUT2D eigenvalue weighted by molar-refractivity contribution is 0.164. The maximum Gasteiger partial charge on any atom is 0.117 e.